The molecule has 2 rings (SSSR count). The summed E-state index contributed by atoms with van der Waals surface area (Å²) in [7, 11) is 0. The Morgan fingerprint density at radius 2 is 1.50 bits per heavy atom. The quantitative estimate of drug-likeness (QED) is 0.552. The summed E-state index contributed by atoms with van der Waals surface area (Å²) in [4.78, 5) is 0. The van der Waals surface area contributed by atoms with Gasteiger partial charge in [-0.05, 0) is 19.8 Å². The maximum Gasteiger partial charge on any atom is 0.0701 e. The molecule has 2 saturated heterocycles. The monoisotopic (exact) mass is 174 g/mol. The lowest BCUT2D eigenvalue weighted by atomic mass is 10.3. The van der Waals surface area contributed by atoms with Crippen molar-refractivity contribution in [1.29, 1.82) is 0 Å². The van der Waals surface area contributed by atoms with Crippen molar-refractivity contribution >= 4 is 0 Å². The van der Waals surface area contributed by atoms with Crippen LogP contribution in [0.25, 0.3) is 0 Å². The smallest absolute Gasteiger partial charge is 0.0701 e. The van der Waals surface area contributed by atoms with Crippen molar-refractivity contribution < 1.29 is 14.2 Å². The molecule has 0 aromatic heterocycles. The summed E-state index contributed by atoms with van der Waals surface area (Å²) < 4.78 is 15.0. The van der Waals surface area contributed by atoms with Crippen molar-refractivity contribution in [2.75, 3.05) is 33.0 Å². The standard InChI is InChI=1S/C5H10O.C4H8O2/c1-5-3-2-4-6-5;1-2-6-4-3-5-1/h5H,2-4H2,1H3;1-4H2. The van der Waals surface area contributed by atoms with Crippen molar-refractivity contribution in [2.45, 2.75) is 25.9 Å². The van der Waals surface area contributed by atoms with Crippen LogP contribution in [0.15, 0.2) is 0 Å². The van der Waals surface area contributed by atoms with Crippen molar-refractivity contribution in [2.24, 2.45) is 0 Å². The van der Waals surface area contributed by atoms with Gasteiger partial charge in [0.2, 0.25) is 0 Å². The molecule has 0 aromatic carbocycles. The highest BCUT2D eigenvalue weighted by molar-refractivity contribution is 4.56. The molecule has 0 saturated carbocycles. The van der Waals surface area contributed by atoms with Crippen LogP contribution in [0.1, 0.15) is 19.8 Å². The van der Waals surface area contributed by atoms with Crippen LogP contribution in [-0.4, -0.2) is 39.1 Å². The molecule has 0 aliphatic carbocycles. The zero-order valence-electron chi connectivity index (χ0n) is 7.75. The number of rotatable bonds is 0. The highest BCUT2D eigenvalue weighted by atomic mass is 16.6. The van der Waals surface area contributed by atoms with Crippen LogP contribution in [0.4, 0.5) is 0 Å². The first kappa shape index (κ1) is 9.96. The maximum absolute atomic E-state index is 5.15. The summed E-state index contributed by atoms with van der Waals surface area (Å²) in [5, 5.41) is 0. The summed E-state index contributed by atoms with van der Waals surface area (Å²) in [5.41, 5.74) is 0. The van der Waals surface area contributed by atoms with Gasteiger partial charge in [0.1, 0.15) is 0 Å². The Morgan fingerprint density at radius 1 is 0.917 bits per heavy atom. The van der Waals surface area contributed by atoms with E-state index in [1.54, 1.807) is 0 Å². The van der Waals surface area contributed by atoms with Crippen molar-refractivity contribution in [3.05, 3.63) is 0 Å². The van der Waals surface area contributed by atoms with E-state index in [2.05, 4.69) is 6.92 Å². The lowest BCUT2D eigenvalue weighted by Crippen LogP contribution is -2.16. The Morgan fingerprint density at radius 3 is 1.67 bits per heavy atom. The normalized spacial score (nSPS) is 29.2. The van der Waals surface area contributed by atoms with E-state index in [0.717, 1.165) is 33.0 Å². The number of hydrogen-bond donors (Lipinski definition) is 0. The van der Waals surface area contributed by atoms with Crippen LogP contribution >= 0.6 is 0 Å². The molecule has 0 bridgehead atoms. The summed E-state index contributed by atoms with van der Waals surface area (Å²) >= 11 is 0. The molecular weight excluding hydrogens is 156 g/mol. The Hall–Kier alpha value is -0.120. The first-order chi connectivity index (χ1) is 5.89. The van der Waals surface area contributed by atoms with Crippen LogP contribution in [-0.2, 0) is 14.2 Å². The average molecular weight is 174 g/mol. The molecule has 1 atom stereocenters. The molecule has 12 heavy (non-hydrogen) atoms. The Kier molecular flexibility index (Phi) is 5.32. The molecule has 0 spiro atoms. The van der Waals surface area contributed by atoms with E-state index in [4.69, 9.17) is 14.2 Å². The molecule has 0 amide bonds. The number of hydrogen-bond acceptors (Lipinski definition) is 3. The molecule has 1 unspecified atom stereocenters. The molecule has 0 aromatic rings. The third kappa shape index (κ3) is 4.70. The maximum atomic E-state index is 5.15. The van der Waals surface area contributed by atoms with E-state index in [1.165, 1.54) is 12.8 Å². The Bertz CT molecular complexity index is 84.4. The van der Waals surface area contributed by atoms with Gasteiger partial charge in [0.25, 0.3) is 0 Å². The SMILES string of the molecule is C1COCCO1.CC1CCCO1. The summed E-state index contributed by atoms with van der Waals surface area (Å²) in [6.45, 7) is 6.22. The van der Waals surface area contributed by atoms with Crippen molar-refractivity contribution in [3.8, 4) is 0 Å². The van der Waals surface area contributed by atoms with E-state index in [9.17, 15) is 0 Å². The van der Waals surface area contributed by atoms with Gasteiger partial charge in [0, 0.05) is 6.61 Å². The fraction of sp³-hybridized carbons (Fsp3) is 1.00. The minimum absolute atomic E-state index is 0.546. The Labute approximate surface area is 74.0 Å². The second-order valence-corrected chi connectivity index (χ2v) is 3.05. The molecule has 72 valence electrons. The van der Waals surface area contributed by atoms with Gasteiger partial charge < -0.3 is 14.2 Å². The van der Waals surface area contributed by atoms with Crippen LogP contribution in [0.3, 0.4) is 0 Å². The molecule has 0 radical (unpaired) electrons. The van der Waals surface area contributed by atoms with Gasteiger partial charge in [-0.1, -0.05) is 0 Å². The predicted octanol–water partition coefficient (Wildman–Crippen LogP) is 1.22. The highest BCUT2D eigenvalue weighted by Crippen LogP contribution is 2.09. The fourth-order valence-corrected chi connectivity index (χ4v) is 1.18. The van der Waals surface area contributed by atoms with Gasteiger partial charge in [-0.25, -0.2) is 0 Å². The van der Waals surface area contributed by atoms with E-state index in [-0.39, 0.29) is 0 Å². The summed E-state index contributed by atoms with van der Waals surface area (Å²) in [6.07, 6.45) is 3.08. The van der Waals surface area contributed by atoms with Gasteiger partial charge in [-0.3, -0.25) is 0 Å². The lowest BCUT2D eigenvalue weighted by Gasteiger charge is -2.09. The van der Waals surface area contributed by atoms with Crippen LogP contribution in [0.2, 0.25) is 0 Å². The molecule has 2 aliphatic rings. The van der Waals surface area contributed by atoms with Gasteiger partial charge >= 0.3 is 0 Å². The van der Waals surface area contributed by atoms with Crippen molar-refractivity contribution in [1.82, 2.24) is 0 Å². The minimum Gasteiger partial charge on any atom is -0.379 e. The highest BCUT2D eigenvalue weighted by Gasteiger charge is 2.07. The first-order valence-electron chi connectivity index (χ1n) is 4.66. The second-order valence-electron chi connectivity index (χ2n) is 3.05. The van der Waals surface area contributed by atoms with Gasteiger partial charge in [0.15, 0.2) is 0 Å². The van der Waals surface area contributed by atoms with Crippen LogP contribution in [0.5, 0.6) is 0 Å². The van der Waals surface area contributed by atoms with Crippen LogP contribution in [0, 0.1) is 0 Å². The summed E-state index contributed by atoms with van der Waals surface area (Å²) in [6, 6.07) is 0. The predicted molar refractivity (Wildman–Crippen MR) is 46.3 cm³/mol. The van der Waals surface area contributed by atoms with Crippen LogP contribution < -0.4 is 0 Å². The fourth-order valence-electron chi connectivity index (χ4n) is 1.18. The topological polar surface area (TPSA) is 27.7 Å². The van der Waals surface area contributed by atoms with E-state index >= 15 is 0 Å². The first-order valence-corrected chi connectivity index (χ1v) is 4.66. The molecule has 2 fully saturated rings. The average Bonchev–Trinajstić information content (AvgIpc) is 2.60. The van der Waals surface area contributed by atoms with E-state index in [0.29, 0.717) is 6.10 Å². The molecule has 3 heteroatoms. The molecular formula is C9H18O3. The van der Waals surface area contributed by atoms with Crippen molar-refractivity contribution in [3.63, 3.8) is 0 Å². The molecule has 3 nitrogen and oxygen atoms in total. The van der Waals surface area contributed by atoms with Gasteiger partial charge in [0.05, 0.1) is 32.5 Å². The third-order valence-corrected chi connectivity index (χ3v) is 1.90. The molecule has 2 heterocycles. The zero-order valence-corrected chi connectivity index (χ0v) is 7.75. The van der Waals surface area contributed by atoms with E-state index < -0.39 is 0 Å². The second kappa shape index (κ2) is 6.40. The molecule has 0 N–H and O–H groups in total. The van der Waals surface area contributed by atoms with Gasteiger partial charge in [-0.2, -0.15) is 0 Å². The Balaban J connectivity index is 0.000000120. The number of ether oxygens (including phenoxy) is 3. The largest absolute Gasteiger partial charge is 0.379 e. The minimum atomic E-state index is 0.546. The summed E-state index contributed by atoms with van der Waals surface area (Å²) in [5.74, 6) is 0. The molecule has 2 aliphatic heterocycles. The third-order valence-electron chi connectivity index (χ3n) is 1.90. The zero-order chi connectivity index (χ0) is 8.65. The van der Waals surface area contributed by atoms with E-state index in [1.807, 2.05) is 0 Å². The lowest BCUT2D eigenvalue weighted by molar-refractivity contribution is -0.0334. The van der Waals surface area contributed by atoms with Gasteiger partial charge in [-0.15, -0.1) is 0 Å².